The summed E-state index contributed by atoms with van der Waals surface area (Å²) in [6, 6.07) is 18.7. The number of carbonyl (C=O) groups excluding carboxylic acids is 1. The van der Waals surface area contributed by atoms with E-state index in [4.69, 9.17) is 9.47 Å². The maximum absolute atomic E-state index is 12.4. The number of nitrogens with zero attached hydrogens (tertiary/aromatic N) is 3. The summed E-state index contributed by atoms with van der Waals surface area (Å²) in [5, 5.41) is 11.3. The summed E-state index contributed by atoms with van der Waals surface area (Å²) in [6.07, 6.45) is 5.09. The van der Waals surface area contributed by atoms with E-state index in [1.54, 1.807) is 32.4 Å². The summed E-state index contributed by atoms with van der Waals surface area (Å²) >= 11 is 0. The zero-order chi connectivity index (χ0) is 20.9. The van der Waals surface area contributed by atoms with Crippen molar-refractivity contribution in [2.45, 2.75) is 0 Å². The van der Waals surface area contributed by atoms with Crippen molar-refractivity contribution in [3.63, 3.8) is 0 Å². The van der Waals surface area contributed by atoms with Gasteiger partial charge in [-0.3, -0.25) is 9.20 Å². The Balaban J connectivity index is 1.50. The second-order valence-electron chi connectivity index (χ2n) is 6.47. The molecule has 0 atom stereocenters. The predicted molar refractivity (Wildman–Crippen MR) is 116 cm³/mol. The summed E-state index contributed by atoms with van der Waals surface area (Å²) in [4.78, 5) is 12.4. The van der Waals surface area contributed by atoms with E-state index in [0.717, 1.165) is 16.8 Å². The van der Waals surface area contributed by atoms with E-state index >= 15 is 0 Å². The summed E-state index contributed by atoms with van der Waals surface area (Å²) in [7, 11) is 3.15. The van der Waals surface area contributed by atoms with Gasteiger partial charge in [0.05, 0.1) is 14.2 Å². The van der Waals surface area contributed by atoms with Crippen LogP contribution in [0.1, 0.15) is 5.56 Å². The van der Waals surface area contributed by atoms with Crippen LogP contribution in [0.4, 0.5) is 5.69 Å². The standard InChI is InChI=1S/C23H20N4O3/c1-29-19-11-9-16(14-20(19)30-2)10-12-22(28)24-18-7-5-6-17(15-18)23-26-25-21-8-3-4-13-27(21)23/h3-15H,1-2H3,(H,24,28)/b12-10+. The maximum atomic E-state index is 12.4. The molecule has 2 heterocycles. The second kappa shape index (κ2) is 8.48. The second-order valence-corrected chi connectivity index (χ2v) is 6.47. The van der Waals surface area contributed by atoms with Crippen molar-refractivity contribution in [3.05, 3.63) is 78.5 Å². The van der Waals surface area contributed by atoms with Gasteiger partial charge in [0.2, 0.25) is 5.91 Å². The van der Waals surface area contributed by atoms with Crippen LogP contribution >= 0.6 is 0 Å². The lowest BCUT2D eigenvalue weighted by atomic mass is 10.1. The van der Waals surface area contributed by atoms with Gasteiger partial charge in [0, 0.05) is 23.5 Å². The quantitative estimate of drug-likeness (QED) is 0.494. The van der Waals surface area contributed by atoms with Crippen molar-refractivity contribution in [3.8, 4) is 22.9 Å². The molecule has 2 aromatic heterocycles. The molecule has 0 fully saturated rings. The summed E-state index contributed by atoms with van der Waals surface area (Å²) in [5.41, 5.74) is 3.11. The van der Waals surface area contributed by atoms with Gasteiger partial charge in [-0.1, -0.05) is 24.3 Å². The van der Waals surface area contributed by atoms with Gasteiger partial charge in [-0.2, -0.15) is 0 Å². The number of ether oxygens (including phenoxy) is 2. The van der Waals surface area contributed by atoms with Crippen LogP contribution in [0.25, 0.3) is 23.1 Å². The first kappa shape index (κ1) is 19.2. The molecule has 0 aliphatic rings. The van der Waals surface area contributed by atoms with Crippen LogP contribution in [0.3, 0.4) is 0 Å². The zero-order valence-electron chi connectivity index (χ0n) is 16.6. The largest absolute Gasteiger partial charge is 0.493 e. The molecule has 7 heteroatoms. The van der Waals surface area contributed by atoms with E-state index in [-0.39, 0.29) is 5.91 Å². The number of hydrogen-bond acceptors (Lipinski definition) is 5. The van der Waals surface area contributed by atoms with Crippen LogP contribution in [-0.2, 0) is 4.79 Å². The van der Waals surface area contributed by atoms with Gasteiger partial charge in [-0.25, -0.2) is 0 Å². The number of carbonyl (C=O) groups is 1. The lowest BCUT2D eigenvalue weighted by Crippen LogP contribution is -2.07. The Morgan fingerprint density at radius 1 is 0.967 bits per heavy atom. The number of methoxy groups -OCH3 is 2. The molecule has 0 bridgehead atoms. The van der Waals surface area contributed by atoms with E-state index in [2.05, 4.69) is 15.5 Å². The molecule has 1 N–H and O–H groups in total. The Morgan fingerprint density at radius 2 is 1.83 bits per heavy atom. The van der Waals surface area contributed by atoms with Crippen LogP contribution in [0.5, 0.6) is 11.5 Å². The average Bonchev–Trinajstić information content (AvgIpc) is 3.22. The molecule has 0 aliphatic heterocycles. The summed E-state index contributed by atoms with van der Waals surface area (Å²) in [6.45, 7) is 0. The van der Waals surface area contributed by atoms with Crippen LogP contribution in [0, 0.1) is 0 Å². The van der Waals surface area contributed by atoms with Crippen molar-refractivity contribution in [1.82, 2.24) is 14.6 Å². The number of amides is 1. The van der Waals surface area contributed by atoms with E-state index < -0.39 is 0 Å². The normalized spacial score (nSPS) is 11.0. The van der Waals surface area contributed by atoms with Gasteiger partial charge in [-0.05, 0) is 48.0 Å². The van der Waals surface area contributed by atoms with Crippen molar-refractivity contribution in [2.75, 3.05) is 19.5 Å². The molecule has 150 valence electrons. The lowest BCUT2D eigenvalue weighted by Gasteiger charge is -2.07. The monoisotopic (exact) mass is 400 g/mol. The van der Waals surface area contributed by atoms with Crippen LogP contribution in [-0.4, -0.2) is 34.7 Å². The fourth-order valence-electron chi connectivity index (χ4n) is 3.09. The third-order valence-corrected chi connectivity index (χ3v) is 4.54. The highest BCUT2D eigenvalue weighted by atomic mass is 16.5. The van der Waals surface area contributed by atoms with Crippen LogP contribution in [0.2, 0.25) is 0 Å². The van der Waals surface area contributed by atoms with Gasteiger partial charge >= 0.3 is 0 Å². The SMILES string of the molecule is COc1ccc(/C=C/C(=O)Nc2cccc(-c3nnc4ccccn34)c2)cc1OC. The molecule has 0 saturated carbocycles. The molecule has 4 rings (SSSR count). The van der Waals surface area contributed by atoms with Gasteiger partial charge in [-0.15, -0.1) is 10.2 Å². The molecule has 1 amide bonds. The zero-order valence-corrected chi connectivity index (χ0v) is 16.6. The van der Waals surface area contributed by atoms with Crippen LogP contribution in [0.15, 0.2) is 72.9 Å². The smallest absolute Gasteiger partial charge is 0.248 e. The van der Waals surface area contributed by atoms with E-state index in [9.17, 15) is 4.79 Å². The van der Waals surface area contributed by atoms with Gasteiger partial charge in [0.25, 0.3) is 0 Å². The lowest BCUT2D eigenvalue weighted by molar-refractivity contribution is -0.111. The Morgan fingerprint density at radius 3 is 2.67 bits per heavy atom. The van der Waals surface area contributed by atoms with E-state index in [0.29, 0.717) is 23.0 Å². The van der Waals surface area contributed by atoms with Crippen molar-refractivity contribution in [1.29, 1.82) is 0 Å². The molecule has 0 saturated heterocycles. The molecule has 7 nitrogen and oxygen atoms in total. The predicted octanol–water partition coefficient (Wildman–Crippen LogP) is 4.07. The Kier molecular flexibility index (Phi) is 5.43. The molecular formula is C23H20N4O3. The third-order valence-electron chi connectivity index (χ3n) is 4.54. The fourth-order valence-corrected chi connectivity index (χ4v) is 3.09. The minimum Gasteiger partial charge on any atom is -0.493 e. The minimum atomic E-state index is -0.243. The number of aromatic nitrogens is 3. The van der Waals surface area contributed by atoms with Gasteiger partial charge < -0.3 is 14.8 Å². The summed E-state index contributed by atoms with van der Waals surface area (Å²) < 4.78 is 12.4. The topological polar surface area (TPSA) is 77.8 Å². The average molecular weight is 400 g/mol. The molecule has 4 aromatic rings. The number of benzene rings is 2. The highest BCUT2D eigenvalue weighted by Gasteiger charge is 2.09. The van der Waals surface area contributed by atoms with Gasteiger partial charge in [0.1, 0.15) is 0 Å². The maximum Gasteiger partial charge on any atom is 0.248 e. The van der Waals surface area contributed by atoms with E-state index in [1.807, 2.05) is 59.1 Å². The highest BCUT2D eigenvalue weighted by molar-refractivity contribution is 6.02. The van der Waals surface area contributed by atoms with Crippen molar-refractivity contribution >= 4 is 23.3 Å². The number of rotatable bonds is 6. The van der Waals surface area contributed by atoms with Crippen molar-refractivity contribution < 1.29 is 14.3 Å². The number of pyridine rings is 1. The molecule has 0 spiro atoms. The number of anilines is 1. The molecule has 0 aliphatic carbocycles. The highest BCUT2D eigenvalue weighted by Crippen LogP contribution is 2.28. The first-order valence-corrected chi connectivity index (χ1v) is 9.29. The minimum absolute atomic E-state index is 0.243. The Hall–Kier alpha value is -4.13. The first-order valence-electron chi connectivity index (χ1n) is 9.29. The Bertz CT molecular complexity index is 1230. The van der Waals surface area contributed by atoms with E-state index in [1.165, 1.54) is 6.08 Å². The number of fused-ring (bicyclic) bond motifs is 1. The summed E-state index contributed by atoms with van der Waals surface area (Å²) in [5.74, 6) is 1.71. The van der Waals surface area contributed by atoms with Gasteiger partial charge in [0.15, 0.2) is 23.0 Å². The number of nitrogens with one attached hydrogen (secondary N) is 1. The molecule has 2 aromatic carbocycles. The Labute approximate surface area is 173 Å². The fraction of sp³-hybridized carbons (Fsp3) is 0.0870. The third kappa shape index (κ3) is 4.00. The number of hydrogen-bond donors (Lipinski definition) is 1. The molecule has 30 heavy (non-hydrogen) atoms. The first-order chi connectivity index (χ1) is 14.7. The molecular weight excluding hydrogens is 380 g/mol. The van der Waals surface area contributed by atoms with Crippen molar-refractivity contribution in [2.24, 2.45) is 0 Å². The van der Waals surface area contributed by atoms with Crippen LogP contribution < -0.4 is 14.8 Å². The molecule has 0 unspecified atom stereocenters. The molecule has 0 radical (unpaired) electrons.